The minimum absolute atomic E-state index is 0.146. The van der Waals surface area contributed by atoms with Gasteiger partial charge in [-0.25, -0.2) is 4.79 Å². The van der Waals surface area contributed by atoms with E-state index in [4.69, 9.17) is 4.74 Å². The van der Waals surface area contributed by atoms with Crippen LogP contribution in [0.4, 0.5) is 4.79 Å². The van der Waals surface area contributed by atoms with Crippen molar-refractivity contribution in [2.45, 2.75) is 32.3 Å². The number of likely N-dealkylation sites (tertiary alicyclic amines) is 1. The molecule has 28 heavy (non-hydrogen) atoms. The summed E-state index contributed by atoms with van der Waals surface area (Å²) in [5, 5.41) is 0. The van der Waals surface area contributed by atoms with Crippen molar-refractivity contribution in [3.05, 3.63) is 60.2 Å². The predicted molar refractivity (Wildman–Crippen MR) is 113 cm³/mol. The fraction of sp³-hybridized carbons (Fsp3) is 0.375. The topological polar surface area (TPSA) is 32.8 Å². The summed E-state index contributed by atoms with van der Waals surface area (Å²) in [5.41, 5.74) is 3.24. The van der Waals surface area contributed by atoms with Gasteiger partial charge in [0.1, 0.15) is 11.4 Å². The molecule has 0 bridgehead atoms. The van der Waals surface area contributed by atoms with Crippen LogP contribution in [-0.4, -0.2) is 47.6 Å². The zero-order valence-electron chi connectivity index (χ0n) is 16.7. The number of carbonyl (C=O) groups excluding carboxylic acids is 1. The van der Waals surface area contributed by atoms with Crippen LogP contribution in [0.1, 0.15) is 32.3 Å². The highest BCUT2D eigenvalue weighted by atomic mass is 16.5. The number of fused-ring (bicyclic) bond motifs is 1. The molecule has 4 nitrogen and oxygen atoms in total. The molecule has 1 saturated heterocycles. The monoisotopic (exact) mass is 376 g/mol. The Hall–Kier alpha value is -2.75. The summed E-state index contributed by atoms with van der Waals surface area (Å²) < 4.78 is 6.45. The average Bonchev–Trinajstić information content (AvgIpc) is 2.75. The highest BCUT2D eigenvalue weighted by Crippen LogP contribution is 2.38. The van der Waals surface area contributed by atoms with E-state index in [0.717, 1.165) is 50.3 Å². The molecule has 1 fully saturated rings. The molecule has 0 aromatic heterocycles. The normalized spacial score (nSPS) is 17.1. The van der Waals surface area contributed by atoms with E-state index in [9.17, 15) is 4.79 Å². The van der Waals surface area contributed by atoms with Crippen molar-refractivity contribution in [3.63, 3.8) is 0 Å². The zero-order valence-corrected chi connectivity index (χ0v) is 16.7. The number of rotatable bonds is 3. The molecular weight excluding hydrogens is 348 g/mol. The molecule has 2 aliphatic heterocycles. The van der Waals surface area contributed by atoms with Gasteiger partial charge in [0.2, 0.25) is 0 Å². The van der Waals surface area contributed by atoms with Gasteiger partial charge in [-0.3, -0.25) is 0 Å². The Kier molecular flexibility index (Phi) is 5.12. The van der Waals surface area contributed by atoms with E-state index in [-0.39, 0.29) is 11.6 Å². The predicted octanol–water partition coefficient (Wildman–Crippen LogP) is 5.06. The second kappa shape index (κ2) is 7.70. The van der Waals surface area contributed by atoms with Crippen LogP contribution in [0.25, 0.3) is 17.2 Å². The molecule has 146 valence electrons. The summed E-state index contributed by atoms with van der Waals surface area (Å²) in [4.78, 5) is 16.4. The van der Waals surface area contributed by atoms with Gasteiger partial charge in [0, 0.05) is 44.6 Å². The Morgan fingerprint density at radius 2 is 1.75 bits per heavy atom. The van der Waals surface area contributed by atoms with Crippen molar-refractivity contribution in [2.75, 3.05) is 26.2 Å². The van der Waals surface area contributed by atoms with Gasteiger partial charge in [0.15, 0.2) is 0 Å². The lowest BCUT2D eigenvalue weighted by Gasteiger charge is -2.43. The Morgan fingerprint density at radius 1 is 1.04 bits per heavy atom. The Bertz CT molecular complexity index is 863. The number of amides is 2. The maximum atomic E-state index is 12.6. The number of carbonyl (C=O) groups is 1. The first-order valence-corrected chi connectivity index (χ1v) is 10.3. The highest BCUT2D eigenvalue weighted by Gasteiger charge is 2.38. The molecule has 2 aromatic carbocycles. The summed E-state index contributed by atoms with van der Waals surface area (Å²) in [5.74, 6) is 0.936. The number of hydrogen-bond donors (Lipinski definition) is 0. The summed E-state index contributed by atoms with van der Waals surface area (Å²) in [6, 6.07) is 16.9. The van der Waals surface area contributed by atoms with Gasteiger partial charge in [-0.05, 0) is 43.2 Å². The van der Waals surface area contributed by atoms with Crippen LogP contribution in [0.3, 0.4) is 0 Å². The Morgan fingerprint density at radius 3 is 2.43 bits per heavy atom. The fourth-order valence-corrected chi connectivity index (χ4v) is 4.12. The number of urea groups is 1. The van der Waals surface area contributed by atoms with Crippen LogP contribution in [0, 0.1) is 0 Å². The second-order valence-corrected chi connectivity index (χ2v) is 7.56. The number of ether oxygens (including phenoxy) is 1. The van der Waals surface area contributed by atoms with E-state index in [1.807, 2.05) is 29.7 Å². The van der Waals surface area contributed by atoms with Gasteiger partial charge in [-0.1, -0.05) is 42.5 Å². The van der Waals surface area contributed by atoms with Crippen LogP contribution in [0.15, 0.2) is 54.6 Å². The highest BCUT2D eigenvalue weighted by molar-refractivity contribution is 5.75. The maximum Gasteiger partial charge on any atom is 0.319 e. The molecule has 4 rings (SSSR count). The van der Waals surface area contributed by atoms with E-state index in [0.29, 0.717) is 0 Å². The van der Waals surface area contributed by atoms with Gasteiger partial charge >= 0.3 is 6.03 Å². The molecular formula is C24H28N2O2. The number of hydrogen-bond acceptors (Lipinski definition) is 2. The van der Waals surface area contributed by atoms with Gasteiger partial charge < -0.3 is 14.5 Å². The molecule has 1 spiro atoms. The summed E-state index contributed by atoms with van der Waals surface area (Å²) >= 11 is 0. The van der Waals surface area contributed by atoms with Crippen LogP contribution >= 0.6 is 0 Å². The lowest BCUT2D eigenvalue weighted by atomic mass is 9.87. The lowest BCUT2D eigenvalue weighted by Crippen LogP contribution is -2.52. The molecule has 4 heteroatoms. The van der Waals surface area contributed by atoms with Crippen LogP contribution in [0.2, 0.25) is 0 Å². The maximum absolute atomic E-state index is 12.6. The van der Waals surface area contributed by atoms with Crippen LogP contribution < -0.4 is 4.74 Å². The average molecular weight is 377 g/mol. The number of benzene rings is 2. The largest absolute Gasteiger partial charge is 0.482 e. The first-order valence-electron chi connectivity index (χ1n) is 10.3. The molecule has 0 radical (unpaired) electrons. The molecule has 2 heterocycles. The molecule has 2 amide bonds. The van der Waals surface area contributed by atoms with E-state index in [2.05, 4.69) is 54.6 Å². The molecule has 0 saturated carbocycles. The van der Waals surface area contributed by atoms with Gasteiger partial charge in [0.25, 0.3) is 0 Å². The Labute approximate surface area is 167 Å². The SMILES string of the molecule is CCN(CC)C(=O)N1CCC2(C=Cc3cc(-c4ccccc4)ccc3O2)CC1. The summed E-state index contributed by atoms with van der Waals surface area (Å²) in [6.45, 7) is 7.03. The third kappa shape index (κ3) is 3.51. The molecule has 0 aliphatic carbocycles. The van der Waals surface area contributed by atoms with E-state index in [1.165, 1.54) is 11.1 Å². The molecule has 2 aromatic rings. The summed E-state index contributed by atoms with van der Waals surface area (Å²) in [6.07, 6.45) is 6.04. The van der Waals surface area contributed by atoms with Crippen molar-refractivity contribution >= 4 is 12.1 Å². The third-order valence-electron chi connectivity index (χ3n) is 5.91. The second-order valence-electron chi connectivity index (χ2n) is 7.56. The fourth-order valence-electron chi connectivity index (χ4n) is 4.12. The van der Waals surface area contributed by atoms with E-state index >= 15 is 0 Å². The van der Waals surface area contributed by atoms with Gasteiger partial charge in [-0.2, -0.15) is 0 Å². The van der Waals surface area contributed by atoms with Crippen molar-refractivity contribution < 1.29 is 9.53 Å². The van der Waals surface area contributed by atoms with Crippen molar-refractivity contribution in [3.8, 4) is 16.9 Å². The van der Waals surface area contributed by atoms with Crippen molar-refractivity contribution in [1.29, 1.82) is 0 Å². The number of piperidine rings is 1. The third-order valence-corrected chi connectivity index (χ3v) is 5.91. The van der Waals surface area contributed by atoms with Crippen molar-refractivity contribution in [2.24, 2.45) is 0 Å². The minimum atomic E-state index is -0.290. The van der Waals surface area contributed by atoms with Crippen LogP contribution in [-0.2, 0) is 0 Å². The molecule has 0 atom stereocenters. The van der Waals surface area contributed by atoms with E-state index in [1.54, 1.807) is 0 Å². The quantitative estimate of drug-likeness (QED) is 0.750. The summed E-state index contributed by atoms with van der Waals surface area (Å²) in [7, 11) is 0. The van der Waals surface area contributed by atoms with Gasteiger partial charge in [0.05, 0.1) is 0 Å². The first kappa shape index (κ1) is 18.6. The van der Waals surface area contributed by atoms with Crippen LogP contribution in [0.5, 0.6) is 5.75 Å². The molecule has 0 unspecified atom stereocenters. The standard InChI is InChI=1S/C24H28N2O2/c1-3-25(4-2)23(27)26-16-14-24(15-17-26)13-12-21-18-20(10-11-22(21)28-24)19-8-6-5-7-9-19/h5-13,18H,3-4,14-17H2,1-2H3. The smallest absolute Gasteiger partial charge is 0.319 e. The zero-order chi connectivity index (χ0) is 19.6. The van der Waals surface area contributed by atoms with Gasteiger partial charge in [-0.15, -0.1) is 0 Å². The number of nitrogens with zero attached hydrogens (tertiary/aromatic N) is 2. The van der Waals surface area contributed by atoms with E-state index < -0.39 is 0 Å². The molecule has 0 N–H and O–H groups in total. The first-order chi connectivity index (χ1) is 13.6. The lowest BCUT2D eigenvalue weighted by molar-refractivity contribution is 0.0436. The van der Waals surface area contributed by atoms with Crippen molar-refractivity contribution in [1.82, 2.24) is 9.80 Å². The Balaban J connectivity index is 1.47. The molecule has 2 aliphatic rings. The minimum Gasteiger partial charge on any atom is -0.482 e.